The third kappa shape index (κ3) is 5.62. The lowest BCUT2D eigenvalue weighted by molar-refractivity contribution is 0.183. The highest BCUT2D eigenvalue weighted by Crippen LogP contribution is 2.42. The van der Waals surface area contributed by atoms with Gasteiger partial charge in [-0.15, -0.1) is 11.3 Å². The van der Waals surface area contributed by atoms with Gasteiger partial charge in [0.15, 0.2) is 0 Å². The van der Waals surface area contributed by atoms with E-state index in [-0.39, 0.29) is 6.10 Å². The van der Waals surface area contributed by atoms with Gasteiger partial charge in [0.1, 0.15) is 6.10 Å². The number of rotatable bonds is 7. The minimum absolute atomic E-state index is 0.223. The molecular formula is C27H31N5O3S2. The fourth-order valence-corrected chi connectivity index (χ4v) is 6.68. The van der Waals surface area contributed by atoms with Crippen LogP contribution in [0.4, 0.5) is 0 Å². The van der Waals surface area contributed by atoms with Gasteiger partial charge in [-0.3, -0.25) is 9.88 Å². The van der Waals surface area contributed by atoms with Crippen molar-refractivity contribution in [3.63, 3.8) is 0 Å². The summed E-state index contributed by atoms with van der Waals surface area (Å²) in [6.07, 6.45) is 6.70. The van der Waals surface area contributed by atoms with Gasteiger partial charge in [-0.25, -0.2) is 13.4 Å². The number of fused-ring (bicyclic) bond motifs is 1. The molecule has 5 rings (SSSR count). The van der Waals surface area contributed by atoms with Crippen molar-refractivity contribution in [3.8, 4) is 5.88 Å². The maximum atomic E-state index is 11.8. The predicted molar refractivity (Wildman–Crippen MR) is 147 cm³/mol. The van der Waals surface area contributed by atoms with Gasteiger partial charge in [-0.05, 0) is 36.8 Å². The number of thiophene rings is 1. The third-order valence-corrected chi connectivity index (χ3v) is 9.17. The molecule has 0 amide bonds. The third-order valence-electron chi connectivity index (χ3n) is 6.71. The SMILES string of the molecule is C=C1c2cc(CN3CCN(S(C)(=O)=O)CC3)sc2C(c2ccnc(OC(C)c3ccccn3)c2)=CN1C. The van der Waals surface area contributed by atoms with Crippen molar-refractivity contribution in [2.24, 2.45) is 0 Å². The van der Waals surface area contributed by atoms with Gasteiger partial charge >= 0.3 is 0 Å². The molecule has 0 spiro atoms. The number of sulfonamides is 1. The van der Waals surface area contributed by atoms with Crippen molar-refractivity contribution >= 4 is 32.6 Å². The number of pyridine rings is 2. The van der Waals surface area contributed by atoms with Crippen molar-refractivity contribution in [2.75, 3.05) is 39.5 Å². The van der Waals surface area contributed by atoms with Gasteiger partial charge in [-0.1, -0.05) is 12.6 Å². The lowest BCUT2D eigenvalue weighted by Gasteiger charge is -2.32. The highest BCUT2D eigenvalue weighted by molar-refractivity contribution is 7.88. The van der Waals surface area contributed by atoms with Crippen LogP contribution >= 0.6 is 11.3 Å². The lowest BCUT2D eigenvalue weighted by atomic mass is 9.98. The minimum atomic E-state index is -3.14. The summed E-state index contributed by atoms with van der Waals surface area (Å²) in [6, 6.07) is 12.0. The fraction of sp³-hybridized carbons (Fsp3) is 0.333. The molecule has 1 atom stereocenters. The second-order valence-electron chi connectivity index (χ2n) is 9.39. The average molecular weight is 538 g/mol. The molecule has 194 valence electrons. The predicted octanol–water partition coefficient (Wildman–Crippen LogP) is 4.06. The van der Waals surface area contributed by atoms with E-state index in [2.05, 4.69) is 38.6 Å². The Labute approximate surface area is 222 Å². The van der Waals surface area contributed by atoms with Gasteiger partial charge in [0.2, 0.25) is 15.9 Å². The first-order valence-electron chi connectivity index (χ1n) is 12.2. The van der Waals surface area contributed by atoms with Crippen LogP contribution in [-0.2, 0) is 16.6 Å². The van der Waals surface area contributed by atoms with Crippen LogP contribution < -0.4 is 4.74 Å². The summed E-state index contributed by atoms with van der Waals surface area (Å²) in [6.45, 7) is 9.56. The van der Waals surface area contributed by atoms with E-state index in [0.717, 1.165) is 47.7 Å². The first-order valence-corrected chi connectivity index (χ1v) is 14.8. The minimum Gasteiger partial charge on any atom is -0.468 e. The standard InChI is InChI=1S/C27H31N5O3S2/c1-19-23-16-22(17-31-11-13-32(14-12-31)37(4,33)34)36-27(23)24(18-30(19)3)21-8-10-29-26(15-21)35-20(2)25-7-5-6-9-28-25/h5-10,15-16,18,20H,1,11-14,17H2,2-4H3. The highest BCUT2D eigenvalue weighted by atomic mass is 32.2. The van der Waals surface area contributed by atoms with Crippen molar-refractivity contribution < 1.29 is 13.2 Å². The Morgan fingerprint density at radius 2 is 1.89 bits per heavy atom. The zero-order chi connectivity index (χ0) is 26.2. The molecule has 0 saturated carbocycles. The normalized spacial score (nSPS) is 17.9. The van der Waals surface area contributed by atoms with Crippen LogP contribution in [0.5, 0.6) is 5.88 Å². The molecule has 2 aliphatic rings. The Hall–Kier alpha value is -3.05. The first-order chi connectivity index (χ1) is 17.7. The Balaban J connectivity index is 1.36. The molecule has 0 bridgehead atoms. The molecule has 1 fully saturated rings. The number of ether oxygens (including phenoxy) is 1. The number of hydrogen-bond donors (Lipinski definition) is 0. The summed E-state index contributed by atoms with van der Waals surface area (Å²) in [5, 5.41) is 0. The molecule has 1 unspecified atom stereocenters. The van der Waals surface area contributed by atoms with E-state index >= 15 is 0 Å². The molecule has 0 radical (unpaired) electrons. The van der Waals surface area contributed by atoms with Crippen LogP contribution in [0.2, 0.25) is 0 Å². The van der Waals surface area contributed by atoms with Crippen molar-refractivity contribution in [1.82, 2.24) is 24.1 Å². The molecule has 3 aromatic heterocycles. The smallest absolute Gasteiger partial charge is 0.214 e. The van der Waals surface area contributed by atoms with Crippen LogP contribution in [0.15, 0.2) is 61.6 Å². The van der Waals surface area contributed by atoms with Gasteiger partial charge < -0.3 is 9.64 Å². The number of piperazine rings is 1. The highest BCUT2D eigenvalue weighted by Gasteiger charge is 2.27. The van der Waals surface area contributed by atoms with Crippen LogP contribution in [0, 0.1) is 0 Å². The summed E-state index contributed by atoms with van der Waals surface area (Å²) >= 11 is 1.76. The topological polar surface area (TPSA) is 78.9 Å². The van der Waals surface area contributed by atoms with Crippen molar-refractivity contribution in [2.45, 2.75) is 19.6 Å². The van der Waals surface area contributed by atoms with Gasteiger partial charge in [0.05, 0.1) is 11.9 Å². The summed E-state index contributed by atoms with van der Waals surface area (Å²) in [7, 11) is -1.13. The number of hydrogen-bond acceptors (Lipinski definition) is 8. The van der Waals surface area contributed by atoms with Crippen molar-refractivity contribution in [1.29, 1.82) is 0 Å². The zero-order valence-corrected chi connectivity index (χ0v) is 22.9. The largest absolute Gasteiger partial charge is 0.468 e. The molecule has 0 N–H and O–H groups in total. The Morgan fingerprint density at radius 1 is 1.11 bits per heavy atom. The molecular weight excluding hydrogens is 506 g/mol. The van der Waals surface area contributed by atoms with Crippen LogP contribution in [-0.4, -0.2) is 72.0 Å². The number of nitrogens with zero attached hydrogens (tertiary/aromatic N) is 5. The van der Waals surface area contributed by atoms with E-state index in [1.165, 1.54) is 16.0 Å². The van der Waals surface area contributed by atoms with Gasteiger partial charge in [0, 0.05) is 91.0 Å². The van der Waals surface area contributed by atoms with Crippen molar-refractivity contribution in [3.05, 3.63) is 88.1 Å². The second-order valence-corrected chi connectivity index (χ2v) is 12.5. The van der Waals surface area contributed by atoms with E-state index in [9.17, 15) is 8.42 Å². The van der Waals surface area contributed by atoms with Crippen LogP contribution in [0.25, 0.3) is 11.3 Å². The molecule has 5 heterocycles. The Morgan fingerprint density at radius 3 is 2.59 bits per heavy atom. The van der Waals surface area contributed by atoms with E-state index in [0.29, 0.717) is 19.0 Å². The summed E-state index contributed by atoms with van der Waals surface area (Å²) in [4.78, 5) is 15.6. The first kappa shape index (κ1) is 25.6. The van der Waals surface area contributed by atoms with Gasteiger partial charge in [0.25, 0.3) is 0 Å². The maximum absolute atomic E-state index is 11.8. The zero-order valence-electron chi connectivity index (χ0n) is 21.3. The molecule has 8 nitrogen and oxygen atoms in total. The quantitative estimate of drug-likeness (QED) is 0.450. The number of aromatic nitrogens is 2. The van der Waals surface area contributed by atoms with E-state index in [4.69, 9.17) is 4.74 Å². The van der Waals surface area contributed by atoms with Crippen LogP contribution in [0.3, 0.4) is 0 Å². The average Bonchev–Trinajstić information content (AvgIpc) is 3.30. The molecule has 3 aromatic rings. The van der Waals surface area contributed by atoms with E-state index in [1.54, 1.807) is 28.0 Å². The van der Waals surface area contributed by atoms with E-state index in [1.807, 2.05) is 44.3 Å². The van der Waals surface area contributed by atoms with E-state index < -0.39 is 10.0 Å². The molecule has 0 aromatic carbocycles. The molecule has 2 aliphatic heterocycles. The molecule has 10 heteroatoms. The maximum Gasteiger partial charge on any atom is 0.214 e. The summed E-state index contributed by atoms with van der Waals surface area (Å²) in [5.41, 5.74) is 5.05. The summed E-state index contributed by atoms with van der Waals surface area (Å²) < 4.78 is 31.4. The molecule has 37 heavy (non-hydrogen) atoms. The molecule has 1 saturated heterocycles. The fourth-order valence-electron chi connectivity index (χ4n) is 4.60. The summed E-state index contributed by atoms with van der Waals surface area (Å²) in [5.74, 6) is 0.547. The Kier molecular flexibility index (Phi) is 7.17. The lowest BCUT2D eigenvalue weighted by Crippen LogP contribution is -2.47. The molecule has 0 aliphatic carbocycles. The van der Waals surface area contributed by atoms with Crippen LogP contribution in [0.1, 0.15) is 39.6 Å². The second kappa shape index (κ2) is 10.4. The van der Waals surface area contributed by atoms with Gasteiger partial charge in [-0.2, -0.15) is 4.31 Å². The monoisotopic (exact) mass is 537 g/mol. The Bertz CT molecular complexity index is 1430.